The lowest BCUT2D eigenvalue weighted by Gasteiger charge is -2.36. The third kappa shape index (κ3) is 4.36. The summed E-state index contributed by atoms with van der Waals surface area (Å²) >= 11 is 0. The van der Waals surface area contributed by atoms with E-state index in [-0.39, 0.29) is 0 Å². The first-order chi connectivity index (χ1) is 8.73. The van der Waals surface area contributed by atoms with Crippen molar-refractivity contribution in [3.63, 3.8) is 0 Å². The van der Waals surface area contributed by atoms with Crippen molar-refractivity contribution >= 4 is 0 Å². The van der Waals surface area contributed by atoms with E-state index in [1.807, 2.05) is 0 Å². The van der Waals surface area contributed by atoms with Gasteiger partial charge in [0.15, 0.2) is 0 Å². The highest BCUT2D eigenvalue weighted by molar-refractivity contribution is 5.08. The van der Waals surface area contributed by atoms with Crippen LogP contribution in [0.5, 0.6) is 0 Å². The first kappa shape index (κ1) is 22.0. The van der Waals surface area contributed by atoms with Crippen molar-refractivity contribution in [2.24, 2.45) is 0 Å². The van der Waals surface area contributed by atoms with E-state index in [4.69, 9.17) is 0 Å². The van der Waals surface area contributed by atoms with Gasteiger partial charge in [-0.25, -0.2) is 4.39 Å². The second kappa shape index (κ2) is 5.87. The van der Waals surface area contributed by atoms with Gasteiger partial charge in [0.25, 0.3) is 6.08 Å². The smallest absolute Gasteiger partial charge is 0.216 e. The van der Waals surface area contributed by atoms with Crippen LogP contribution >= 0.6 is 0 Å². The Morgan fingerprint density at radius 2 is 0.714 bits per heavy atom. The molecule has 0 nitrogen and oxygen atoms in total. The molecule has 0 fully saturated rings. The number of hydrogen-bond donors (Lipinski definition) is 0. The molecule has 128 valence electrons. The Balaban J connectivity index is 0. The molecule has 0 heterocycles. The van der Waals surface area contributed by atoms with Crippen LogP contribution in [0.2, 0.25) is 0 Å². The van der Waals surface area contributed by atoms with Crippen LogP contribution in [0.1, 0.15) is 0 Å². The van der Waals surface area contributed by atoms with E-state index in [0.29, 0.717) is 0 Å². The van der Waals surface area contributed by atoms with Gasteiger partial charge < -0.3 is 0 Å². The van der Waals surface area contributed by atoms with Crippen LogP contribution in [0, 0.1) is 0 Å². The van der Waals surface area contributed by atoms with Crippen LogP contribution < -0.4 is 0 Å². The quantitative estimate of drug-likeness (QED) is 0.554. The maximum Gasteiger partial charge on any atom is 0.457 e. The van der Waals surface area contributed by atoms with E-state index in [9.17, 15) is 61.5 Å². The molecule has 0 aromatic rings. The highest BCUT2D eigenvalue weighted by atomic mass is 19.4. The molecule has 0 aromatic carbocycles. The van der Waals surface area contributed by atoms with Crippen LogP contribution in [-0.4, -0.2) is 30.1 Å². The maximum absolute atomic E-state index is 12.4. The second-order valence-electron chi connectivity index (χ2n) is 3.06. The van der Waals surface area contributed by atoms with Gasteiger partial charge in [-0.3, -0.25) is 0 Å². The van der Waals surface area contributed by atoms with Gasteiger partial charge in [-0.15, -0.1) is 0 Å². The minimum atomic E-state index is -7.70. The molecule has 0 N–H and O–H groups in total. The van der Waals surface area contributed by atoms with Crippen molar-refractivity contribution in [2.75, 3.05) is 0 Å². The zero-order valence-electron chi connectivity index (χ0n) is 9.00. The largest absolute Gasteiger partial charge is 0.457 e. The molecule has 14 heteroatoms. The summed E-state index contributed by atoms with van der Waals surface area (Å²) < 4.78 is 160. The average Bonchev–Trinajstić information content (AvgIpc) is 2.09. The molecule has 0 unspecified atom stereocenters. The predicted molar refractivity (Wildman–Crippen MR) is 38.3 cm³/mol. The summed E-state index contributed by atoms with van der Waals surface area (Å²) in [5, 5.41) is 0. The number of halogens is 14. The molecule has 0 saturated heterocycles. The minimum Gasteiger partial charge on any atom is -0.216 e. The topological polar surface area (TPSA) is 0 Å². The SMILES string of the molecule is C=C(F)F.FC(F)(F)C(F)(F)C(F)(C(F)(F)F)C(F)(F)F. The maximum atomic E-state index is 12.4. The van der Waals surface area contributed by atoms with Crippen molar-refractivity contribution in [3.05, 3.63) is 12.7 Å². The van der Waals surface area contributed by atoms with Crippen molar-refractivity contribution in [1.29, 1.82) is 0 Å². The third-order valence-corrected chi connectivity index (χ3v) is 1.57. The first-order valence-corrected chi connectivity index (χ1v) is 4.00. The van der Waals surface area contributed by atoms with Crippen molar-refractivity contribution in [1.82, 2.24) is 0 Å². The van der Waals surface area contributed by atoms with E-state index in [1.54, 1.807) is 0 Å². The van der Waals surface area contributed by atoms with Crippen LogP contribution in [0.15, 0.2) is 12.7 Å². The van der Waals surface area contributed by atoms with Crippen molar-refractivity contribution in [3.8, 4) is 0 Å². The number of hydrogen-bond acceptors (Lipinski definition) is 0. The Kier molecular flexibility index (Phi) is 6.16. The first-order valence-electron chi connectivity index (χ1n) is 4.00. The fraction of sp³-hybridized carbons (Fsp3) is 0.714. The molecule has 0 aromatic heterocycles. The van der Waals surface area contributed by atoms with Crippen LogP contribution in [0.3, 0.4) is 0 Å². The van der Waals surface area contributed by atoms with E-state index in [1.165, 1.54) is 0 Å². The molecule has 0 rings (SSSR count). The molecule has 0 aliphatic heterocycles. The van der Waals surface area contributed by atoms with Crippen LogP contribution in [-0.2, 0) is 0 Å². The van der Waals surface area contributed by atoms with E-state index < -0.39 is 36.2 Å². The molecular weight excluding hydrogens is 350 g/mol. The molecule has 0 atom stereocenters. The van der Waals surface area contributed by atoms with Gasteiger partial charge in [0.1, 0.15) is 0 Å². The molecule has 0 radical (unpaired) electrons. The summed E-state index contributed by atoms with van der Waals surface area (Å²) in [5.74, 6) is -7.66. The summed E-state index contributed by atoms with van der Waals surface area (Å²) in [6.07, 6.45) is -24.2. The molecule has 0 aliphatic rings. The van der Waals surface area contributed by atoms with E-state index in [0.717, 1.165) is 0 Å². The summed E-state index contributed by atoms with van der Waals surface area (Å²) in [6, 6.07) is 0. The van der Waals surface area contributed by atoms with Crippen LogP contribution in [0.25, 0.3) is 0 Å². The molecule has 0 amide bonds. The third-order valence-electron chi connectivity index (χ3n) is 1.57. The van der Waals surface area contributed by atoms with Gasteiger partial charge in [-0.2, -0.15) is 57.1 Å². The van der Waals surface area contributed by atoms with Gasteiger partial charge in [-0.1, -0.05) is 0 Å². The normalized spacial score (nSPS) is 14.4. The highest BCUT2D eigenvalue weighted by Crippen LogP contribution is 2.59. The van der Waals surface area contributed by atoms with E-state index in [2.05, 4.69) is 6.58 Å². The predicted octanol–water partition coefficient (Wildman–Crippen LogP) is 5.41. The second-order valence-corrected chi connectivity index (χ2v) is 3.06. The monoisotopic (exact) mass is 352 g/mol. The molecule has 0 spiro atoms. The van der Waals surface area contributed by atoms with Gasteiger partial charge in [0, 0.05) is 0 Å². The van der Waals surface area contributed by atoms with Gasteiger partial charge in [0.2, 0.25) is 0 Å². The Morgan fingerprint density at radius 1 is 0.524 bits per heavy atom. The van der Waals surface area contributed by atoms with E-state index >= 15 is 0 Å². The highest BCUT2D eigenvalue weighted by Gasteiger charge is 2.90. The summed E-state index contributed by atoms with van der Waals surface area (Å²) in [7, 11) is 0. The van der Waals surface area contributed by atoms with Crippen molar-refractivity contribution in [2.45, 2.75) is 30.1 Å². The lowest BCUT2D eigenvalue weighted by molar-refractivity contribution is -0.443. The average molecular weight is 352 g/mol. The molecular formula is C7H2F14. The van der Waals surface area contributed by atoms with Gasteiger partial charge >= 0.3 is 30.1 Å². The minimum absolute atomic E-state index is 1.83. The zero-order chi connectivity index (χ0) is 18.1. The Morgan fingerprint density at radius 3 is 0.762 bits per heavy atom. The molecule has 0 bridgehead atoms. The summed E-state index contributed by atoms with van der Waals surface area (Å²) in [6.45, 7) is 2.22. The standard InChI is InChI=1S/C5F12.C2H2F2/c6-1(3(9,10)11,4(12,13)14)2(7,8)5(15,16)17;1-2(3)4/h;1H2. The fourth-order valence-electron chi connectivity index (χ4n) is 0.712. The Hall–Kier alpha value is -1.24. The van der Waals surface area contributed by atoms with Crippen LogP contribution in [0.4, 0.5) is 61.5 Å². The van der Waals surface area contributed by atoms with Gasteiger partial charge in [-0.05, 0) is 6.58 Å². The molecule has 0 aliphatic carbocycles. The summed E-state index contributed by atoms with van der Waals surface area (Å²) in [4.78, 5) is 0. The van der Waals surface area contributed by atoms with Crippen molar-refractivity contribution < 1.29 is 61.5 Å². The van der Waals surface area contributed by atoms with Gasteiger partial charge in [0.05, 0.1) is 0 Å². The molecule has 0 saturated carbocycles. The number of rotatable bonds is 1. The zero-order valence-corrected chi connectivity index (χ0v) is 9.00. The number of alkyl halides is 12. The fourth-order valence-corrected chi connectivity index (χ4v) is 0.712. The summed E-state index contributed by atoms with van der Waals surface area (Å²) in [5.41, 5.74) is -7.70. The molecule has 21 heavy (non-hydrogen) atoms. The lowest BCUT2D eigenvalue weighted by atomic mass is 9.95. The Labute approximate surface area is 106 Å². The Bertz CT molecular complexity index is 335. The lowest BCUT2D eigenvalue weighted by Crippen LogP contribution is -2.69.